The van der Waals surface area contributed by atoms with E-state index in [2.05, 4.69) is 15.6 Å². The van der Waals surface area contributed by atoms with Gasteiger partial charge in [0, 0.05) is 0 Å². The van der Waals surface area contributed by atoms with Crippen molar-refractivity contribution in [1.82, 2.24) is 10.3 Å². The van der Waals surface area contributed by atoms with Crippen LogP contribution in [0.4, 0.5) is 5.13 Å². The quantitative estimate of drug-likeness (QED) is 0.438. The van der Waals surface area contributed by atoms with Crippen LogP contribution in [0.15, 0.2) is 54.6 Å². The number of phenolic OH excluding ortho intramolecular Hbond substituents is 1. The van der Waals surface area contributed by atoms with Crippen molar-refractivity contribution in [3.8, 4) is 11.5 Å². The Hall–Kier alpha value is -3.23. The number of carbonyl (C=O) groups excluding carboxylic acids is 1. The largest absolute Gasteiger partial charge is 0.508 e. The second-order valence-corrected chi connectivity index (χ2v) is 7.42. The SMILES string of the molecule is COc1cc2ccccc2cc1C(=O)NC(=S)Nc1nc2ccc(O)cc2s1. The van der Waals surface area contributed by atoms with Gasteiger partial charge >= 0.3 is 0 Å². The number of benzene rings is 3. The Morgan fingerprint density at radius 2 is 1.89 bits per heavy atom. The second kappa shape index (κ2) is 7.41. The van der Waals surface area contributed by atoms with Crippen molar-refractivity contribution in [2.24, 2.45) is 0 Å². The van der Waals surface area contributed by atoms with Gasteiger partial charge in [-0.1, -0.05) is 35.6 Å². The lowest BCUT2D eigenvalue weighted by atomic mass is 10.1. The minimum atomic E-state index is -0.376. The summed E-state index contributed by atoms with van der Waals surface area (Å²) in [5.41, 5.74) is 1.12. The molecule has 3 aromatic carbocycles. The second-order valence-electron chi connectivity index (χ2n) is 5.98. The first-order valence-electron chi connectivity index (χ1n) is 8.32. The number of anilines is 1. The van der Waals surface area contributed by atoms with Crippen LogP contribution in [0.2, 0.25) is 0 Å². The first-order valence-corrected chi connectivity index (χ1v) is 9.54. The van der Waals surface area contributed by atoms with Gasteiger partial charge in [0.1, 0.15) is 11.5 Å². The van der Waals surface area contributed by atoms with Gasteiger partial charge in [0.2, 0.25) is 0 Å². The first kappa shape index (κ1) is 18.1. The maximum Gasteiger partial charge on any atom is 0.261 e. The fourth-order valence-electron chi connectivity index (χ4n) is 2.83. The molecule has 1 aromatic heterocycles. The average Bonchev–Trinajstić information content (AvgIpc) is 3.07. The van der Waals surface area contributed by atoms with Gasteiger partial charge in [-0.3, -0.25) is 10.1 Å². The number of phenols is 1. The molecule has 0 radical (unpaired) electrons. The summed E-state index contributed by atoms with van der Waals surface area (Å²) in [5, 5.41) is 17.7. The van der Waals surface area contributed by atoms with Crippen LogP contribution in [0.5, 0.6) is 11.5 Å². The first-order chi connectivity index (χ1) is 13.5. The molecule has 0 unspecified atom stereocenters. The summed E-state index contributed by atoms with van der Waals surface area (Å²) in [5.74, 6) is 0.260. The highest BCUT2D eigenvalue weighted by Gasteiger charge is 2.16. The van der Waals surface area contributed by atoms with E-state index >= 15 is 0 Å². The van der Waals surface area contributed by atoms with Crippen LogP contribution in [0.3, 0.4) is 0 Å². The third kappa shape index (κ3) is 3.60. The van der Waals surface area contributed by atoms with E-state index in [-0.39, 0.29) is 16.8 Å². The molecule has 28 heavy (non-hydrogen) atoms. The summed E-state index contributed by atoms with van der Waals surface area (Å²) in [6.45, 7) is 0. The van der Waals surface area contributed by atoms with Gasteiger partial charge in [-0.15, -0.1) is 0 Å². The van der Waals surface area contributed by atoms with Gasteiger partial charge in [-0.25, -0.2) is 4.98 Å². The van der Waals surface area contributed by atoms with Crippen LogP contribution in [-0.4, -0.2) is 28.2 Å². The van der Waals surface area contributed by atoms with Crippen LogP contribution in [0, 0.1) is 0 Å². The van der Waals surface area contributed by atoms with E-state index in [9.17, 15) is 9.90 Å². The number of methoxy groups -OCH3 is 1. The summed E-state index contributed by atoms with van der Waals surface area (Å²) in [6, 6.07) is 16.2. The van der Waals surface area contributed by atoms with Crippen LogP contribution in [-0.2, 0) is 0 Å². The number of hydrogen-bond acceptors (Lipinski definition) is 6. The monoisotopic (exact) mass is 409 g/mol. The molecule has 3 N–H and O–H groups in total. The molecule has 140 valence electrons. The molecule has 0 aliphatic heterocycles. The van der Waals surface area contributed by atoms with Crippen molar-refractivity contribution in [2.45, 2.75) is 0 Å². The molecule has 4 rings (SSSR count). The Morgan fingerprint density at radius 3 is 2.64 bits per heavy atom. The molecular weight excluding hydrogens is 394 g/mol. The van der Waals surface area contributed by atoms with E-state index in [1.54, 1.807) is 24.3 Å². The van der Waals surface area contributed by atoms with Crippen LogP contribution in [0.1, 0.15) is 10.4 Å². The number of thiazole rings is 1. The fraction of sp³-hybridized carbons (Fsp3) is 0.0500. The van der Waals surface area contributed by atoms with Gasteiger partial charge < -0.3 is 15.2 Å². The van der Waals surface area contributed by atoms with E-state index in [4.69, 9.17) is 17.0 Å². The van der Waals surface area contributed by atoms with Crippen LogP contribution in [0.25, 0.3) is 21.0 Å². The lowest BCUT2D eigenvalue weighted by molar-refractivity contribution is 0.0975. The molecule has 0 saturated heterocycles. The van der Waals surface area contributed by atoms with E-state index in [1.807, 2.05) is 30.3 Å². The number of aromatic nitrogens is 1. The Labute approximate surface area is 169 Å². The van der Waals surface area contributed by atoms with Crippen LogP contribution >= 0.6 is 23.6 Å². The van der Waals surface area contributed by atoms with Gasteiger partial charge in [-0.05, 0) is 53.3 Å². The van der Waals surface area contributed by atoms with Crippen molar-refractivity contribution in [3.63, 3.8) is 0 Å². The third-order valence-corrected chi connectivity index (χ3v) is 5.27. The molecule has 1 heterocycles. The summed E-state index contributed by atoms with van der Waals surface area (Å²) < 4.78 is 6.18. The van der Waals surface area contributed by atoms with Crippen LogP contribution < -0.4 is 15.4 Å². The smallest absolute Gasteiger partial charge is 0.261 e. The standard InChI is InChI=1S/C20H15N3O3S2/c1-26-16-9-12-5-3-2-4-11(12)8-14(16)18(25)22-19(27)23-20-21-15-7-6-13(24)10-17(15)28-20/h2-10,24H,1H3,(H2,21,22,23,25,27). The van der Waals surface area contributed by atoms with Gasteiger partial charge in [0.05, 0.1) is 22.9 Å². The highest BCUT2D eigenvalue weighted by atomic mass is 32.1. The zero-order valence-electron chi connectivity index (χ0n) is 14.7. The lowest BCUT2D eigenvalue weighted by Crippen LogP contribution is -2.34. The number of nitrogens with one attached hydrogen (secondary N) is 2. The highest BCUT2D eigenvalue weighted by molar-refractivity contribution is 7.80. The Morgan fingerprint density at radius 1 is 1.14 bits per heavy atom. The number of hydrogen-bond donors (Lipinski definition) is 3. The molecule has 6 nitrogen and oxygen atoms in total. The molecule has 0 fully saturated rings. The summed E-state index contributed by atoms with van der Waals surface area (Å²) in [7, 11) is 1.52. The van der Waals surface area contributed by atoms with Crippen molar-refractivity contribution < 1.29 is 14.6 Å². The molecule has 0 atom stereocenters. The van der Waals surface area contributed by atoms with Crippen molar-refractivity contribution >= 4 is 60.7 Å². The topological polar surface area (TPSA) is 83.5 Å². The number of rotatable bonds is 3. The molecule has 0 spiro atoms. The molecule has 8 heteroatoms. The summed E-state index contributed by atoms with van der Waals surface area (Å²) in [4.78, 5) is 17.1. The number of nitrogens with zero attached hydrogens (tertiary/aromatic N) is 1. The Balaban J connectivity index is 1.53. The predicted molar refractivity (Wildman–Crippen MR) is 115 cm³/mol. The fourth-order valence-corrected chi connectivity index (χ4v) is 3.99. The molecule has 1 amide bonds. The number of amides is 1. The number of aromatic hydroxyl groups is 1. The third-order valence-electron chi connectivity index (χ3n) is 4.13. The maximum absolute atomic E-state index is 12.7. The number of carbonyl (C=O) groups is 1. The van der Waals surface area contributed by atoms with Crippen molar-refractivity contribution in [3.05, 3.63) is 60.2 Å². The van der Waals surface area contributed by atoms with Gasteiger partial charge in [0.15, 0.2) is 10.2 Å². The maximum atomic E-state index is 12.7. The van der Waals surface area contributed by atoms with E-state index in [1.165, 1.54) is 18.4 Å². The van der Waals surface area contributed by atoms with Crippen molar-refractivity contribution in [1.29, 1.82) is 0 Å². The van der Waals surface area contributed by atoms with E-state index < -0.39 is 0 Å². The molecular formula is C20H15N3O3S2. The normalized spacial score (nSPS) is 10.8. The average molecular weight is 409 g/mol. The number of ether oxygens (including phenoxy) is 1. The van der Waals surface area contributed by atoms with Gasteiger partial charge in [0.25, 0.3) is 5.91 Å². The molecule has 0 aliphatic carbocycles. The van der Waals surface area contributed by atoms with E-state index in [0.29, 0.717) is 16.4 Å². The zero-order chi connectivity index (χ0) is 19.7. The van der Waals surface area contributed by atoms with E-state index in [0.717, 1.165) is 21.0 Å². The molecule has 4 aromatic rings. The lowest BCUT2D eigenvalue weighted by Gasteiger charge is -2.11. The Bertz CT molecular complexity index is 1220. The number of thiocarbonyl (C=S) groups is 1. The van der Waals surface area contributed by atoms with Crippen molar-refractivity contribution in [2.75, 3.05) is 12.4 Å². The Kier molecular flexibility index (Phi) is 4.81. The molecule has 0 bridgehead atoms. The molecule has 0 saturated carbocycles. The molecule has 0 aliphatic rings. The predicted octanol–water partition coefficient (Wildman–Crippen LogP) is 4.29. The summed E-state index contributed by atoms with van der Waals surface area (Å²) in [6.07, 6.45) is 0. The minimum Gasteiger partial charge on any atom is -0.508 e. The number of fused-ring (bicyclic) bond motifs is 2. The summed E-state index contributed by atoms with van der Waals surface area (Å²) >= 11 is 6.58. The zero-order valence-corrected chi connectivity index (χ0v) is 16.4. The van der Waals surface area contributed by atoms with Gasteiger partial charge in [-0.2, -0.15) is 0 Å². The minimum absolute atomic E-state index is 0.128. The highest BCUT2D eigenvalue weighted by Crippen LogP contribution is 2.29.